The van der Waals surface area contributed by atoms with Crippen LogP contribution in [0.1, 0.15) is 10.4 Å². The summed E-state index contributed by atoms with van der Waals surface area (Å²) in [5.41, 5.74) is -0.843. The third kappa shape index (κ3) is 2.89. The van der Waals surface area contributed by atoms with Gasteiger partial charge in [0.1, 0.15) is 0 Å². The molecule has 0 spiro atoms. The molecule has 1 amide bonds. The molecule has 0 fully saturated rings. The predicted octanol–water partition coefficient (Wildman–Crippen LogP) is 3.03. The monoisotopic (exact) mass is 295 g/mol. The number of halogens is 2. The fourth-order valence-electron chi connectivity index (χ4n) is 1.45. The lowest BCUT2D eigenvalue weighted by Crippen LogP contribution is -2.13. The molecule has 0 radical (unpaired) electrons. The highest BCUT2D eigenvalue weighted by atomic mass is 35.5. The number of pyridine rings is 1. The van der Waals surface area contributed by atoms with E-state index < -0.39 is 22.3 Å². The average molecular weight is 296 g/mol. The van der Waals surface area contributed by atoms with E-state index in [4.69, 9.17) is 11.6 Å². The van der Waals surface area contributed by atoms with Crippen molar-refractivity contribution in [1.82, 2.24) is 4.98 Å². The van der Waals surface area contributed by atoms with E-state index in [1.807, 2.05) is 0 Å². The van der Waals surface area contributed by atoms with Crippen LogP contribution in [0.25, 0.3) is 0 Å². The zero-order chi connectivity index (χ0) is 14.7. The number of hydrogen-bond acceptors (Lipinski definition) is 4. The molecule has 1 N–H and O–H groups in total. The molecule has 0 bridgehead atoms. The average Bonchev–Trinajstić information content (AvgIpc) is 2.41. The molecule has 0 aliphatic rings. The molecule has 2 rings (SSSR count). The Morgan fingerprint density at radius 1 is 1.40 bits per heavy atom. The molecule has 20 heavy (non-hydrogen) atoms. The number of nitrogens with one attached hydrogen (secondary N) is 1. The Balaban J connectivity index is 2.28. The number of aromatic nitrogens is 1. The molecule has 0 saturated carbocycles. The summed E-state index contributed by atoms with van der Waals surface area (Å²) in [4.78, 5) is 25.5. The number of amides is 1. The van der Waals surface area contributed by atoms with Crippen LogP contribution >= 0.6 is 11.6 Å². The predicted molar refractivity (Wildman–Crippen MR) is 70.3 cm³/mol. The molecule has 1 aromatic heterocycles. The number of carbonyl (C=O) groups excluding carboxylic acids is 1. The van der Waals surface area contributed by atoms with E-state index in [2.05, 4.69) is 10.3 Å². The van der Waals surface area contributed by atoms with Crippen LogP contribution in [0.5, 0.6) is 0 Å². The number of carbonyl (C=O) groups is 1. The van der Waals surface area contributed by atoms with Crippen molar-refractivity contribution in [3.05, 3.63) is 63.0 Å². The maximum Gasteiger partial charge on any atom is 0.305 e. The fourth-order valence-corrected chi connectivity index (χ4v) is 1.62. The second kappa shape index (κ2) is 5.62. The minimum absolute atomic E-state index is 0.0696. The molecule has 0 aliphatic heterocycles. The first-order chi connectivity index (χ1) is 9.49. The summed E-state index contributed by atoms with van der Waals surface area (Å²) in [5.74, 6) is -1.57. The Kier molecular flexibility index (Phi) is 3.90. The van der Waals surface area contributed by atoms with Crippen molar-refractivity contribution in [1.29, 1.82) is 0 Å². The SMILES string of the molecule is O=C(Nc1ncccc1Cl)c1ccc(F)c([N+](=O)[O-])c1. The van der Waals surface area contributed by atoms with Gasteiger partial charge in [0.05, 0.1) is 9.95 Å². The van der Waals surface area contributed by atoms with E-state index in [9.17, 15) is 19.3 Å². The third-order valence-corrected chi connectivity index (χ3v) is 2.70. The summed E-state index contributed by atoms with van der Waals surface area (Å²) < 4.78 is 13.2. The molecule has 0 unspecified atom stereocenters. The van der Waals surface area contributed by atoms with Gasteiger partial charge in [-0.15, -0.1) is 0 Å². The highest BCUT2D eigenvalue weighted by molar-refractivity contribution is 6.33. The van der Waals surface area contributed by atoms with Crippen LogP contribution in [0.4, 0.5) is 15.9 Å². The molecule has 102 valence electrons. The zero-order valence-electron chi connectivity index (χ0n) is 9.84. The quantitative estimate of drug-likeness (QED) is 0.696. The maximum atomic E-state index is 13.2. The minimum Gasteiger partial charge on any atom is -0.305 e. The van der Waals surface area contributed by atoms with Gasteiger partial charge in [0.2, 0.25) is 5.82 Å². The number of nitro benzene ring substituents is 1. The minimum atomic E-state index is -1.01. The molecule has 0 aliphatic carbocycles. The fraction of sp³-hybridized carbons (Fsp3) is 0. The summed E-state index contributed by atoms with van der Waals surface area (Å²) >= 11 is 5.82. The van der Waals surface area contributed by atoms with E-state index in [0.29, 0.717) is 0 Å². The van der Waals surface area contributed by atoms with E-state index in [1.165, 1.54) is 12.3 Å². The lowest BCUT2D eigenvalue weighted by Gasteiger charge is -2.05. The van der Waals surface area contributed by atoms with E-state index in [-0.39, 0.29) is 16.4 Å². The van der Waals surface area contributed by atoms with Crippen molar-refractivity contribution in [2.24, 2.45) is 0 Å². The zero-order valence-corrected chi connectivity index (χ0v) is 10.6. The highest BCUT2D eigenvalue weighted by Crippen LogP contribution is 2.21. The van der Waals surface area contributed by atoms with Crippen molar-refractivity contribution < 1.29 is 14.1 Å². The van der Waals surface area contributed by atoms with Gasteiger partial charge in [-0.1, -0.05) is 11.6 Å². The van der Waals surface area contributed by atoms with Gasteiger partial charge in [0, 0.05) is 17.8 Å². The molecule has 8 heteroatoms. The first-order valence-electron chi connectivity index (χ1n) is 5.35. The summed E-state index contributed by atoms with van der Waals surface area (Å²) in [6.07, 6.45) is 1.43. The van der Waals surface area contributed by atoms with E-state index >= 15 is 0 Å². The molecule has 0 atom stereocenters. The molecule has 0 saturated heterocycles. The van der Waals surface area contributed by atoms with Crippen molar-refractivity contribution in [2.75, 3.05) is 5.32 Å². The van der Waals surface area contributed by atoms with Crippen molar-refractivity contribution >= 4 is 29.0 Å². The Labute approximate surface area is 117 Å². The van der Waals surface area contributed by atoms with Gasteiger partial charge in [-0.25, -0.2) is 4.98 Å². The molecule has 1 heterocycles. The Hall–Kier alpha value is -2.54. The Morgan fingerprint density at radius 2 is 2.15 bits per heavy atom. The maximum absolute atomic E-state index is 13.2. The van der Waals surface area contributed by atoms with E-state index in [1.54, 1.807) is 6.07 Å². The van der Waals surface area contributed by atoms with E-state index in [0.717, 1.165) is 18.2 Å². The largest absolute Gasteiger partial charge is 0.305 e. The van der Waals surface area contributed by atoms with Crippen LogP contribution in [0, 0.1) is 15.9 Å². The smallest absolute Gasteiger partial charge is 0.305 e. The van der Waals surface area contributed by atoms with Gasteiger partial charge < -0.3 is 5.32 Å². The van der Waals surface area contributed by atoms with Gasteiger partial charge >= 0.3 is 5.69 Å². The molecule has 2 aromatic rings. The number of hydrogen-bond donors (Lipinski definition) is 1. The van der Waals surface area contributed by atoms with Crippen molar-refractivity contribution in [2.45, 2.75) is 0 Å². The van der Waals surface area contributed by atoms with Crippen molar-refractivity contribution in [3.8, 4) is 0 Å². The van der Waals surface area contributed by atoms with Crippen molar-refractivity contribution in [3.63, 3.8) is 0 Å². The van der Waals surface area contributed by atoms with Crippen LogP contribution in [-0.2, 0) is 0 Å². The van der Waals surface area contributed by atoms with Gasteiger partial charge in [-0.2, -0.15) is 4.39 Å². The third-order valence-electron chi connectivity index (χ3n) is 2.40. The summed E-state index contributed by atoms with van der Waals surface area (Å²) in [7, 11) is 0. The van der Waals surface area contributed by atoms with Crippen LogP contribution in [-0.4, -0.2) is 15.8 Å². The van der Waals surface area contributed by atoms with Gasteiger partial charge in [-0.3, -0.25) is 14.9 Å². The lowest BCUT2D eigenvalue weighted by molar-refractivity contribution is -0.387. The standard InChI is InChI=1S/C12H7ClFN3O3/c13-8-2-1-5-15-11(8)16-12(18)7-3-4-9(14)10(6-7)17(19)20/h1-6H,(H,15,16,18). The summed E-state index contributed by atoms with van der Waals surface area (Å²) in [6, 6.07) is 5.95. The molecular formula is C12H7ClFN3O3. The number of nitro groups is 1. The Morgan fingerprint density at radius 3 is 2.80 bits per heavy atom. The van der Waals surface area contributed by atoms with Gasteiger partial charge in [0.15, 0.2) is 5.82 Å². The molecule has 1 aromatic carbocycles. The normalized spacial score (nSPS) is 10.1. The molecule has 6 nitrogen and oxygen atoms in total. The Bertz CT molecular complexity index is 693. The second-order valence-corrected chi connectivity index (χ2v) is 4.12. The number of anilines is 1. The van der Waals surface area contributed by atoms with Crippen LogP contribution in [0.15, 0.2) is 36.5 Å². The van der Waals surface area contributed by atoms with Gasteiger partial charge in [-0.05, 0) is 24.3 Å². The lowest BCUT2D eigenvalue weighted by atomic mass is 10.2. The number of rotatable bonds is 3. The first-order valence-corrected chi connectivity index (χ1v) is 5.72. The van der Waals surface area contributed by atoms with Gasteiger partial charge in [0.25, 0.3) is 5.91 Å². The number of benzene rings is 1. The van der Waals surface area contributed by atoms with Crippen LogP contribution in [0.2, 0.25) is 5.02 Å². The topological polar surface area (TPSA) is 85.1 Å². The first kappa shape index (κ1) is 13.9. The van der Waals surface area contributed by atoms with Crippen LogP contribution in [0.3, 0.4) is 0 Å². The number of nitrogens with zero attached hydrogens (tertiary/aromatic N) is 2. The summed E-state index contributed by atoms with van der Waals surface area (Å²) in [6.45, 7) is 0. The molecular weight excluding hydrogens is 289 g/mol. The summed E-state index contributed by atoms with van der Waals surface area (Å²) in [5, 5.41) is 13.2. The highest BCUT2D eigenvalue weighted by Gasteiger charge is 2.18. The second-order valence-electron chi connectivity index (χ2n) is 3.71. The van der Waals surface area contributed by atoms with Crippen LogP contribution < -0.4 is 5.32 Å².